The number of benzene rings is 1. The first kappa shape index (κ1) is 20.6. The van der Waals surface area contributed by atoms with Gasteiger partial charge < -0.3 is 11.1 Å². The van der Waals surface area contributed by atoms with E-state index in [1.165, 1.54) is 0 Å². The maximum atomic E-state index is 12.0. The first-order valence-corrected chi connectivity index (χ1v) is 8.13. The Hall–Kier alpha value is -0.420. The average molecular weight is 351 g/mol. The van der Waals surface area contributed by atoms with Crippen molar-refractivity contribution in [2.45, 2.75) is 37.6 Å². The summed E-state index contributed by atoms with van der Waals surface area (Å²) in [6.07, 6.45) is 0.482. The fraction of sp³-hybridized carbons (Fsp3) is 0.533. The summed E-state index contributed by atoms with van der Waals surface area (Å²) in [5.41, 5.74) is 5.43. The number of hydrogen-bond acceptors (Lipinski definition) is 3. The van der Waals surface area contributed by atoms with Gasteiger partial charge in [-0.1, -0.05) is 25.4 Å². The van der Waals surface area contributed by atoms with Crippen molar-refractivity contribution in [1.82, 2.24) is 5.32 Å². The molecule has 120 valence electrons. The van der Waals surface area contributed by atoms with Crippen LogP contribution in [0, 0.1) is 5.92 Å². The fourth-order valence-corrected chi connectivity index (χ4v) is 2.58. The monoisotopic (exact) mass is 350 g/mol. The minimum Gasteiger partial charge on any atom is -0.349 e. The van der Waals surface area contributed by atoms with Crippen molar-refractivity contribution in [3.05, 3.63) is 29.3 Å². The van der Waals surface area contributed by atoms with Gasteiger partial charge >= 0.3 is 0 Å². The number of nitrogens with one attached hydrogen (secondary N) is 1. The summed E-state index contributed by atoms with van der Waals surface area (Å²) in [7, 11) is 0. The molecule has 0 fully saturated rings. The van der Waals surface area contributed by atoms with Gasteiger partial charge in [0.05, 0.1) is 5.54 Å². The van der Waals surface area contributed by atoms with Gasteiger partial charge in [0.15, 0.2) is 0 Å². The van der Waals surface area contributed by atoms with E-state index in [4.69, 9.17) is 17.3 Å². The highest BCUT2D eigenvalue weighted by Gasteiger charge is 2.28. The van der Waals surface area contributed by atoms with Crippen LogP contribution in [0.3, 0.4) is 0 Å². The number of carbonyl (C=O) groups is 1. The van der Waals surface area contributed by atoms with E-state index in [1.54, 1.807) is 11.8 Å². The van der Waals surface area contributed by atoms with Crippen molar-refractivity contribution < 1.29 is 4.79 Å². The number of rotatable bonds is 7. The molecule has 1 aromatic carbocycles. The third kappa shape index (κ3) is 6.92. The summed E-state index contributed by atoms with van der Waals surface area (Å²) >= 11 is 7.48. The predicted octanol–water partition coefficient (Wildman–Crippen LogP) is 3.73. The molecule has 1 aromatic rings. The van der Waals surface area contributed by atoms with E-state index < -0.39 is 0 Å². The summed E-state index contributed by atoms with van der Waals surface area (Å²) in [4.78, 5) is 13.1. The second kappa shape index (κ2) is 9.57. The molecule has 0 spiro atoms. The lowest BCUT2D eigenvalue weighted by molar-refractivity contribution is -0.122. The van der Waals surface area contributed by atoms with Crippen LogP contribution in [0.2, 0.25) is 5.02 Å². The SMILES string of the molecule is CC(C)C(C)(CN)NC(=O)CCSc1ccc(Cl)cc1.Cl. The Labute approximate surface area is 142 Å². The zero-order valence-corrected chi connectivity index (χ0v) is 15.1. The Bertz CT molecular complexity index is 440. The largest absolute Gasteiger partial charge is 0.349 e. The number of thioether (sulfide) groups is 1. The molecule has 0 saturated heterocycles. The predicted molar refractivity (Wildman–Crippen MR) is 94.5 cm³/mol. The fourth-order valence-electron chi connectivity index (χ4n) is 1.60. The van der Waals surface area contributed by atoms with Gasteiger partial charge in [-0.3, -0.25) is 4.79 Å². The van der Waals surface area contributed by atoms with Gasteiger partial charge in [0, 0.05) is 28.6 Å². The molecule has 0 aromatic heterocycles. The molecule has 0 aliphatic heterocycles. The van der Waals surface area contributed by atoms with Crippen LogP contribution >= 0.6 is 35.8 Å². The molecule has 0 bridgehead atoms. The minimum atomic E-state index is -0.331. The van der Waals surface area contributed by atoms with Gasteiger partial charge in [0.2, 0.25) is 5.91 Å². The first-order valence-electron chi connectivity index (χ1n) is 6.77. The summed E-state index contributed by atoms with van der Waals surface area (Å²) in [6.45, 7) is 6.56. The number of amides is 1. The normalized spacial score (nSPS) is 13.4. The number of carbonyl (C=O) groups excluding carboxylic acids is 1. The molecular weight excluding hydrogens is 327 g/mol. The molecule has 21 heavy (non-hydrogen) atoms. The van der Waals surface area contributed by atoms with Crippen LogP contribution in [-0.4, -0.2) is 23.7 Å². The highest BCUT2D eigenvalue weighted by molar-refractivity contribution is 7.99. The topological polar surface area (TPSA) is 55.1 Å². The molecule has 1 atom stereocenters. The highest BCUT2D eigenvalue weighted by atomic mass is 35.5. The third-order valence-electron chi connectivity index (χ3n) is 3.53. The Balaban J connectivity index is 0.00000400. The van der Waals surface area contributed by atoms with Crippen molar-refractivity contribution in [3.63, 3.8) is 0 Å². The molecule has 3 N–H and O–H groups in total. The quantitative estimate of drug-likeness (QED) is 0.736. The van der Waals surface area contributed by atoms with Crippen LogP contribution < -0.4 is 11.1 Å². The number of halogens is 2. The molecule has 3 nitrogen and oxygen atoms in total. The zero-order valence-electron chi connectivity index (χ0n) is 12.7. The maximum absolute atomic E-state index is 12.0. The van der Waals surface area contributed by atoms with Gasteiger partial charge in [0.1, 0.15) is 0 Å². The van der Waals surface area contributed by atoms with Gasteiger partial charge in [-0.2, -0.15) is 0 Å². The number of nitrogens with two attached hydrogens (primary N) is 1. The van der Waals surface area contributed by atoms with Crippen molar-refractivity contribution in [2.75, 3.05) is 12.3 Å². The van der Waals surface area contributed by atoms with E-state index in [9.17, 15) is 4.79 Å². The van der Waals surface area contributed by atoms with Gasteiger partial charge in [-0.25, -0.2) is 0 Å². The van der Waals surface area contributed by atoms with E-state index in [1.807, 2.05) is 31.2 Å². The average Bonchev–Trinajstić information content (AvgIpc) is 2.40. The first-order chi connectivity index (χ1) is 9.37. The van der Waals surface area contributed by atoms with E-state index >= 15 is 0 Å². The molecule has 6 heteroatoms. The van der Waals surface area contributed by atoms with Crippen LogP contribution in [0.4, 0.5) is 0 Å². The van der Waals surface area contributed by atoms with Crippen LogP contribution in [0.5, 0.6) is 0 Å². The summed E-state index contributed by atoms with van der Waals surface area (Å²) in [5.74, 6) is 1.10. The van der Waals surface area contributed by atoms with E-state index in [-0.39, 0.29) is 23.9 Å². The summed E-state index contributed by atoms with van der Waals surface area (Å²) in [5, 5.41) is 3.76. The van der Waals surface area contributed by atoms with Gasteiger partial charge in [-0.15, -0.1) is 24.2 Å². The third-order valence-corrected chi connectivity index (χ3v) is 4.80. The molecule has 0 radical (unpaired) electrons. The maximum Gasteiger partial charge on any atom is 0.221 e. The highest BCUT2D eigenvalue weighted by Crippen LogP contribution is 2.21. The standard InChI is InChI=1S/C15H23ClN2OS.ClH/c1-11(2)15(3,10-17)18-14(19)8-9-20-13-6-4-12(16)5-7-13;/h4-7,11H,8-10,17H2,1-3H3,(H,18,19);1H. The molecule has 0 heterocycles. The Morgan fingerprint density at radius 1 is 1.38 bits per heavy atom. The molecule has 0 saturated carbocycles. The Kier molecular flexibility index (Phi) is 9.38. The summed E-state index contributed by atoms with van der Waals surface area (Å²) < 4.78 is 0. The van der Waals surface area contributed by atoms with Crippen LogP contribution in [-0.2, 0) is 4.79 Å². The lowest BCUT2D eigenvalue weighted by atomic mass is 9.88. The molecular formula is C15H24Cl2N2OS. The van der Waals surface area contributed by atoms with Crippen molar-refractivity contribution in [3.8, 4) is 0 Å². The van der Waals surface area contributed by atoms with Crippen LogP contribution in [0.1, 0.15) is 27.2 Å². The molecule has 0 aliphatic carbocycles. The molecule has 1 amide bonds. The molecule has 1 unspecified atom stereocenters. The molecule has 0 aliphatic rings. The van der Waals surface area contributed by atoms with E-state index in [0.29, 0.717) is 18.9 Å². The van der Waals surface area contributed by atoms with Gasteiger partial charge in [-0.05, 0) is 37.1 Å². The summed E-state index contributed by atoms with van der Waals surface area (Å²) in [6, 6.07) is 7.63. The lowest BCUT2D eigenvalue weighted by Crippen LogP contribution is -2.55. The lowest BCUT2D eigenvalue weighted by Gasteiger charge is -2.33. The van der Waals surface area contributed by atoms with Crippen molar-refractivity contribution in [2.24, 2.45) is 11.7 Å². The second-order valence-corrected chi connectivity index (χ2v) is 6.98. The number of hydrogen-bond donors (Lipinski definition) is 2. The smallest absolute Gasteiger partial charge is 0.221 e. The van der Waals surface area contributed by atoms with Crippen LogP contribution in [0.25, 0.3) is 0 Å². The van der Waals surface area contributed by atoms with Crippen LogP contribution in [0.15, 0.2) is 29.2 Å². The van der Waals surface area contributed by atoms with Gasteiger partial charge in [0.25, 0.3) is 0 Å². The second-order valence-electron chi connectivity index (χ2n) is 5.38. The zero-order chi connectivity index (χ0) is 15.2. The van der Waals surface area contributed by atoms with Crippen molar-refractivity contribution in [1.29, 1.82) is 0 Å². The Morgan fingerprint density at radius 2 is 1.95 bits per heavy atom. The van der Waals surface area contributed by atoms with Crippen molar-refractivity contribution >= 4 is 41.7 Å². The van der Waals surface area contributed by atoms with E-state index in [0.717, 1.165) is 15.7 Å². The Morgan fingerprint density at radius 3 is 2.43 bits per heavy atom. The van der Waals surface area contributed by atoms with E-state index in [2.05, 4.69) is 19.2 Å². The minimum absolute atomic E-state index is 0. The molecule has 1 rings (SSSR count).